The fourth-order valence-electron chi connectivity index (χ4n) is 1.40. The van der Waals surface area contributed by atoms with Gasteiger partial charge in [0, 0.05) is 17.7 Å². The highest BCUT2D eigenvalue weighted by Gasteiger charge is 2.08. The van der Waals surface area contributed by atoms with Crippen LogP contribution in [0.2, 0.25) is 0 Å². The van der Waals surface area contributed by atoms with Gasteiger partial charge in [-0.05, 0) is 26.0 Å². The van der Waals surface area contributed by atoms with E-state index in [1.54, 1.807) is 6.26 Å². The summed E-state index contributed by atoms with van der Waals surface area (Å²) in [5, 5.41) is 3.46. The van der Waals surface area contributed by atoms with E-state index >= 15 is 0 Å². The number of hydrogen-bond acceptors (Lipinski definition) is 4. The molecule has 0 aliphatic carbocycles. The first kappa shape index (κ1) is 11.9. The number of furan rings is 1. The Morgan fingerprint density at radius 2 is 2.35 bits per heavy atom. The zero-order valence-electron chi connectivity index (χ0n) is 9.82. The molecule has 0 bridgehead atoms. The number of nitrogens with one attached hydrogen (secondary N) is 1. The Balaban J connectivity index is 1.85. The summed E-state index contributed by atoms with van der Waals surface area (Å²) < 4.78 is 5.16. The van der Waals surface area contributed by atoms with Crippen LogP contribution in [0.3, 0.4) is 0 Å². The van der Waals surface area contributed by atoms with Gasteiger partial charge in [0.1, 0.15) is 5.76 Å². The van der Waals surface area contributed by atoms with Gasteiger partial charge < -0.3 is 9.73 Å². The predicted octanol–water partition coefficient (Wildman–Crippen LogP) is 2.92. The van der Waals surface area contributed by atoms with Crippen molar-refractivity contribution in [3.63, 3.8) is 0 Å². The molecule has 0 radical (unpaired) electrons. The summed E-state index contributed by atoms with van der Waals surface area (Å²) in [6, 6.07) is 3.69. The van der Waals surface area contributed by atoms with Crippen LogP contribution < -0.4 is 5.32 Å². The van der Waals surface area contributed by atoms with Crippen LogP contribution in [-0.4, -0.2) is 10.9 Å². The normalized spacial score (nSPS) is 10.5. The summed E-state index contributed by atoms with van der Waals surface area (Å²) in [5.41, 5.74) is 0.969. The van der Waals surface area contributed by atoms with Crippen LogP contribution in [0.25, 0.3) is 0 Å². The van der Waals surface area contributed by atoms with E-state index in [0.717, 1.165) is 16.3 Å². The van der Waals surface area contributed by atoms with Gasteiger partial charge in [-0.15, -0.1) is 11.3 Å². The quantitative estimate of drug-likeness (QED) is 0.907. The molecule has 0 unspecified atom stereocenters. The SMILES string of the molecule is Cc1nc(NC(=O)CCc2ccco2)sc1C. The molecule has 0 spiro atoms. The topological polar surface area (TPSA) is 55.1 Å². The molecule has 2 aromatic heterocycles. The molecule has 2 heterocycles. The molecule has 4 nitrogen and oxygen atoms in total. The third-order valence-corrected chi connectivity index (χ3v) is 3.44. The van der Waals surface area contributed by atoms with Crippen LogP contribution in [-0.2, 0) is 11.2 Å². The van der Waals surface area contributed by atoms with Crippen molar-refractivity contribution in [2.75, 3.05) is 5.32 Å². The zero-order valence-corrected chi connectivity index (χ0v) is 10.6. The van der Waals surface area contributed by atoms with Crippen molar-refractivity contribution in [3.8, 4) is 0 Å². The molecule has 0 saturated carbocycles. The fraction of sp³-hybridized carbons (Fsp3) is 0.333. The van der Waals surface area contributed by atoms with E-state index in [1.807, 2.05) is 26.0 Å². The van der Waals surface area contributed by atoms with Crippen molar-refractivity contribution < 1.29 is 9.21 Å². The maximum absolute atomic E-state index is 11.6. The third kappa shape index (κ3) is 3.17. The molecule has 90 valence electrons. The van der Waals surface area contributed by atoms with Crippen molar-refractivity contribution in [2.24, 2.45) is 0 Å². The van der Waals surface area contributed by atoms with Gasteiger partial charge in [0.15, 0.2) is 5.13 Å². The molecule has 0 aliphatic heterocycles. The van der Waals surface area contributed by atoms with Crippen LogP contribution in [0.1, 0.15) is 22.8 Å². The Labute approximate surface area is 104 Å². The lowest BCUT2D eigenvalue weighted by molar-refractivity contribution is -0.116. The molecule has 2 rings (SSSR count). The number of nitrogens with zero attached hydrogens (tertiary/aromatic N) is 1. The summed E-state index contributed by atoms with van der Waals surface area (Å²) in [4.78, 5) is 17.0. The highest BCUT2D eigenvalue weighted by Crippen LogP contribution is 2.21. The molecule has 0 saturated heterocycles. The van der Waals surface area contributed by atoms with Gasteiger partial charge in [0.05, 0.1) is 12.0 Å². The first-order valence-electron chi connectivity index (χ1n) is 5.41. The molecular weight excluding hydrogens is 236 g/mol. The van der Waals surface area contributed by atoms with Crippen LogP contribution in [0.15, 0.2) is 22.8 Å². The standard InChI is InChI=1S/C12H14N2O2S/c1-8-9(2)17-12(13-8)14-11(15)6-5-10-4-3-7-16-10/h3-4,7H,5-6H2,1-2H3,(H,13,14,15). The second-order valence-electron chi connectivity index (χ2n) is 3.79. The minimum absolute atomic E-state index is 0.0323. The van der Waals surface area contributed by atoms with Crippen LogP contribution in [0.5, 0.6) is 0 Å². The maximum Gasteiger partial charge on any atom is 0.226 e. The smallest absolute Gasteiger partial charge is 0.226 e. The van der Waals surface area contributed by atoms with Crippen molar-refractivity contribution in [1.29, 1.82) is 0 Å². The lowest BCUT2D eigenvalue weighted by Crippen LogP contribution is -2.11. The Bertz CT molecular complexity index is 483. The van der Waals surface area contributed by atoms with E-state index in [4.69, 9.17) is 4.42 Å². The molecule has 2 aromatic rings. The molecule has 0 aromatic carbocycles. The van der Waals surface area contributed by atoms with Gasteiger partial charge in [0.2, 0.25) is 5.91 Å². The fourth-order valence-corrected chi connectivity index (χ4v) is 2.23. The number of thiazole rings is 1. The number of carbonyl (C=O) groups excluding carboxylic acids is 1. The van der Waals surface area contributed by atoms with Crippen molar-refractivity contribution in [1.82, 2.24) is 4.98 Å². The van der Waals surface area contributed by atoms with Crippen molar-refractivity contribution in [3.05, 3.63) is 34.7 Å². The zero-order chi connectivity index (χ0) is 12.3. The van der Waals surface area contributed by atoms with E-state index < -0.39 is 0 Å². The lowest BCUT2D eigenvalue weighted by Gasteiger charge is -1.99. The molecular formula is C12H14N2O2S. The third-order valence-electron chi connectivity index (χ3n) is 2.45. The number of aryl methyl sites for hydroxylation is 3. The highest BCUT2D eigenvalue weighted by atomic mass is 32.1. The molecule has 5 heteroatoms. The minimum Gasteiger partial charge on any atom is -0.469 e. The number of hydrogen-bond donors (Lipinski definition) is 1. The predicted molar refractivity (Wildman–Crippen MR) is 67.2 cm³/mol. The monoisotopic (exact) mass is 250 g/mol. The summed E-state index contributed by atoms with van der Waals surface area (Å²) >= 11 is 1.50. The van der Waals surface area contributed by atoms with E-state index in [0.29, 0.717) is 18.0 Å². The van der Waals surface area contributed by atoms with Gasteiger partial charge >= 0.3 is 0 Å². The second-order valence-corrected chi connectivity index (χ2v) is 4.99. The summed E-state index contributed by atoms with van der Waals surface area (Å²) in [6.07, 6.45) is 2.63. The minimum atomic E-state index is -0.0323. The van der Waals surface area contributed by atoms with Crippen LogP contribution >= 0.6 is 11.3 Å². The first-order chi connectivity index (χ1) is 8.15. The van der Waals surface area contributed by atoms with Crippen molar-refractivity contribution >= 4 is 22.4 Å². The van der Waals surface area contributed by atoms with Gasteiger partial charge in [-0.2, -0.15) is 0 Å². The number of aromatic nitrogens is 1. The second kappa shape index (κ2) is 5.14. The Hall–Kier alpha value is -1.62. The molecule has 0 atom stereocenters. The van der Waals surface area contributed by atoms with E-state index in [9.17, 15) is 4.79 Å². The highest BCUT2D eigenvalue weighted by molar-refractivity contribution is 7.15. The van der Waals surface area contributed by atoms with E-state index in [2.05, 4.69) is 10.3 Å². The largest absolute Gasteiger partial charge is 0.469 e. The summed E-state index contributed by atoms with van der Waals surface area (Å²) in [6.45, 7) is 3.93. The Morgan fingerprint density at radius 3 is 2.94 bits per heavy atom. The summed E-state index contributed by atoms with van der Waals surface area (Å²) in [7, 11) is 0. The van der Waals surface area contributed by atoms with Crippen LogP contribution in [0, 0.1) is 13.8 Å². The molecule has 0 aliphatic rings. The Morgan fingerprint density at radius 1 is 1.53 bits per heavy atom. The number of carbonyl (C=O) groups is 1. The Kier molecular flexibility index (Phi) is 3.58. The number of amides is 1. The van der Waals surface area contributed by atoms with E-state index in [1.165, 1.54) is 11.3 Å². The lowest BCUT2D eigenvalue weighted by atomic mass is 10.2. The first-order valence-corrected chi connectivity index (χ1v) is 6.23. The number of rotatable bonds is 4. The molecule has 1 amide bonds. The van der Waals surface area contributed by atoms with Gasteiger partial charge in [-0.25, -0.2) is 4.98 Å². The molecule has 1 N–H and O–H groups in total. The maximum atomic E-state index is 11.6. The van der Waals surface area contributed by atoms with Gasteiger partial charge in [0.25, 0.3) is 0 Å². The van der Waals surface area contributed by atoms with Crippen molar-refractivity contribution in [2.45, 2.75) is 26.7 Å². The molecule has 17 heavy (non-hydrogen) atoms. The molecule has 0 fully saturated rings. The van der Waals surface area contributed by atoms with E-state index in [-0.39, 0.29) is 5.91 Å². The van der Waals surface area contributed by atoms with Crippen LogP contribution in [0.4, 0.5) is 5.13 Å². The average molecular weight is 250 g/mol. The van der Waals surface area contributed by atoms with Gasteiger partial charge in [-0.1, -0.05) is 0 Å². The average Bonchev–Trinajstić information content (AvgIpc) is 2.87. The number of anilines is 1. The van der Waals surface area contributed by atoms with Gasteiger partial charge in [-0.3, -0.25) is 4.79 Å². The summed E-state index contributed by atoms with van der Waals surface area (Å²) in [5.74, 6) is 0.793.